The zero-order valence-electron chi connectivity index (χ0n) is 30.7. The number of aliphatic carboxylic acids is 1. The van der Waals surface area contributed by atoms with Gasteiger partial charge in [0.05, 0.1) is 46.1 Å². The molecule has 14 nitrogen and oxygen atoms in total. The van der Waals surface area contributed by atoms with Crippen LogP contribution in [0.3, 0.4) is 0 Å². The molecule has 14 heteroatoms. The minimum absolute atomic E-state index is 0.0174. The smallest absolute Gasteiger partial charge is 0.323 e. The van der Waals surface area contributed by atoms with Crippen LogP contribution in [0.15, 0.2) is 0 Å². The molecule has 0 radical (unpaired) electrons. The highest BCUT2D eigenvalue weighted by Gasteiger charge is 2.30. The van der Waals surface area contributed by atoms with Gasteiger partial charge in [0.1, 0.15) is 6.04 Å². The Kier molecular flexibility index (Phi) is 25.2. The number of nitrogens with zero attached hydrogens (tertiary/aromatic N) is 4. The lowest BCUT2D eigenvalue weighted by Crippen LogP contribution is -2.52. The van der Waals surface area contributed by atoms with Crippen molar-refractivity contribution >= 4 is 29.8 Å². The maximum absolute atomic E-state index is 13.6. The first-order valence-corrected chi connectivity index (χ1v) is 18.4. The normalized spacial score (nSPS) is 16.6. The molecular weight excluding hydrogens is 636 g/mol. The van der Waals surface area contributed by atoms with Gasteiger partial charge in [-0.1, -0.05) is 53.4 Å². The van der Waals surface area contributed by atoms with Crippen LogP contribution in [0.1, 0.15) is 91.9 Å². The van der Waals surface area contributed by atoms with Gasteiger partial charge in [-0.3, -0.25) is 43.6 Å². The number of carbonyl (C=O) groups is 5. The molecule has 0 aromatic carbocycles. The summed E-state index contributed by atoms with van der Waals surface area (Å²) in [6, 6.07) is -0.751. The number of carbonyl (C=O) groups excluding carboxylic acids is 4. The van der Waals surface area contributed by atoms with E-state index in [-0.39, 0.29) is 57.0 Å². The molecule has 0 aliphatic carbocycles. The quantitative estimate of drug-likeness (QED) is 0.0943. The van der Waals surface area contributed by atoms with Gasteiger partial charge in [-0.05, 0) is 32.1 Å². The van der Waals surface area contributed by atoms with Crippen LogP contribution in [0, 0.1) is 0 Å². The lowest BCUT2D eigenvalue weighted by molar-refractivity contribution is -0.153. The summed E-state index contributed by atoms with van der Waals surface area (Å²) >= 11 is 0. The number of esters is 4. The molecule has 1 rings (SSSR count). The monoisotopic (exact) mass is 700 g/mol. The Morgan fingerprint density at radius 3 is 1.31 bits per heavy atom. The molecule has 1 heterocycles. The highest BCUT2D eigenvalue weighted by molar-refractivity contribution is 5.77. The van der Waals surface area contributed by atoms with Gasteiger partial charge in [0, 0.05) is 58.8 Å². The van der Waals surface area contributed by atoms with E-state index in [0.29, 0.717) is 78.6 Å². The fraction of sp³-hybridized carbons (Fsp3) is 0.857. The topological polar surface area (TPSA) is 155 Å². The molecular formula is C35H64N4O10. The maximum atomic E-state index is 13.6. The summed E-state index contributed by atoms with van der Waals surface area (Å²) in [6.45, 7) is 12.1. The van der Waals surface area contributed by atoms with E-state index in [1.807, 2.05) is 42.4 Å². The molecule has 0 saturated carbocycles. The van der Waals surface area contributed by atoms with E-state index in [9.17, 15) is 29.1 Å². The van der Waals surface area contributed by atoms with Crippen molar-refractivity contribution in [3.63, 3.8) is 0 Å². The van der Waals surface area contributed by atoms with Crippen LogP contribution < -0.4 is 0 Å². The van der Waals surface area contributed by atoms with Gasteiger partial charge in [0.25, 0.3) is 0 Å². The van der Waals surface area contributed by atoms with Crippen LogP contribution in [0.5, 0.6) is 0 Å². The third-order valence-electron chi connectivity index (χ3n) is 8.30. The summed E-state index contributed by atoms with van der Waals surface area (Å²) in [7, 11) is 0. The average Bonchev–Trinajstić information content (AvgIpc) is 3.05. The highest BCUT2D eigenvalue weighted by atomic mass is 16.5. The fourth-order valence-corrected chi connectivity index (χ4v) is 5.17. The molecule has 1 fully saturated rings. The first-order valence-electron chi connectivity index (χ1n) is 18.4. The van der Waals surface area contributed by atoms with Crippen molar-refractivity contribution in [1.29, 1.82) is 0 Å². The summed E-state index contributed by atoms with van der Waals surface area (Å²) in [6.07, 6.45) is 6.78. The minimum Gasteiger partial charge on any atom is -0.480 e. The zero-order valence-corrected chi connectivity index (χ0v) is 30.7. The van der Waals surface area contributed by atoms with Crippen LogP contribution in [0.25, 0.3) is 0 Å². The Balaban J connectivity index is 3.33. The Hall–Kier alpha value is -2.81. The van der Waals surface area contributed by atoms with E-state index in [1.165, 1.54) is 0 Å². The maximum Gasteiger partial charge on any atom is 0.323 e. The molecule has 0 bridgehead atoms. The third-order valence-corrected chi connectivity index (χ3v) is 8.30. The van der Waals surface area contributed by atoms with E-state index >= 15 is 0 Å². The largest absolute Gasteiger partial charge is 0.480 e. The Bertz CT molecular complexity index is 913. The fourth-order valence-electron chi connectivity index (χ4n) is 5.17. The molecule has 1 N–H and O–H groups in total. The molecule has 0 unspecified atom stereocenters. The van der Waals surface area contributed by atoms with Crippen LogP contribution in [-0.2, 0) is 42.9 Å². The molecule has 1 saturated heterocycles. The lowest BCUT2D eigenvalue weighted by atomic mass is 10.1. The van der Waals surface area contributed by atoms with Gasteiger partial charge in [-0.2, -0.15) is 0 Å². The first-order chi connectivity index (χ1) is 23.6. The third kappa shape index (κ3) is 21.8. The predicted octanol–water partition coefficient (Wildman–Crippen LogP) is 2.81. The Morgan fingerprint density at radius 1 is 0.531 bits per heavy atom. The average molecular weight is 701 g/mol. The molecule has 0 spiro atoms. The number of carboxylic acids is 1. The Morgan fingerprint density at radius 2 is 0.898 bits per heavy atom. The van der Waals surface area contributed by atoms with Crippen molar-refractivity contribution in [3.05, 3.63) is 0 Å². The number of hydrogen-bond donors (Lipinski definition) is 1. The van der Waals surface area contributed by atoms with Gasteiger partial charge in [0.15, 0.2) is 0 Å². The number of hydrogen-bond acceptors (Lipinski definition) is 13. The van der Waals surface area contributed by atoms with Crippen molar-refractivity contribution < 1.29 is 48.0 Å². The van der Waals surface area contributed by atoms with Crippen LogP contribution >= 0.6 is 0 Å². The van der Waals surface area contributed by atoms with Crippen molar-refractivity contribution in [2.45, 2.75) is 97.9 Å². The van der Waals surface area contributed by atoms with Gasteiger partial charge in [-0.25, -0.2) is 0 Å². The van der Waals surface area contributed by atoms with Gasteiger partial charge in [0.2, 0.25) is 0 Å². The van der Waals surface area contributed by atoms with Gasteiger partial charge in [-0.15, -0.1) is 0 Å². The summed E-state index contributed by atoms with van der Waals surface area (Å²) in [5.41, 5.74) is 0. The van der Waals surface area contributed by atoms with Crippen LogP contribution in [-0.4, -0.2) is 159 Å². The lowest BCUT2D eigenvalue weighted by Gasteiger charge is -2.36. The van der Waals surface area contributed by atoms with E-state index < -0.39 is 18.0 Å². The molecule has 0 aromatic rings. The number of ether oxygens (including phenoxy) is 4. The highest BCUT2D eigenvalue weighted by Crippen LogP contribution is 2.14. The second-order valence-corrected chi connectivity index (χ2v) is 12.6. The van der Waals surface area contributed by atoms with Gasteiger partial charge >= 0.3 is 29.8 Å². The number of unbranched alkanes of at least 4 members (excludes halogenated alkanes) is 4. The summed E-state index contributed by atoms with van der Waals surface area (Å²) in [5.74, 6) is -2.50. The van der Waals surface area contributed by atoms with Crippen LogP contribution in [0.2, 0.25) is 0 Å². The van der Waals surface area contributed by atoms with E-state index in [1.54, 1.807) is 4.90 Å². The summed E-state index contributed by atoms with van der Waals surface area (Å²) in [4.78, 5) is 71.0. The summed E-state index contributed by atoms with van der Waals surface area (Å²) < 4.78 is 21.9. The van der Waals surface area contributed by atoms with E-state index in [2.05, 4.69) is 0 Å². The zero-order chi connectivity index (χ0) is 36.3. The molecule has 1 atom stereocenters. The number of rotatable bonds is 23. The minimum atomic E-state index is -0.966. The van der Waals surface area contributed by atoms with Gasteiger partial charge < -0.3 is 24.1 Å². The predicted molar refractivity (Wildman–Crippen MR) is 185 cm³/mol. The molecule has 49 heavy (non-hydrogen) atoms. The van der Waals surface area contributed by atoms with E-state index in [0.717, 1.165) is 44.9 Å². The Labute approximate surface area is 293 Å². The van der Waals surface area contributed by atoms with Crippen LogP contribution in [0.4, 0.5) is 0 Å². The molecule has 1 aliphatic heterocycles. The second-order valence-electron chi connectivity index (χ2n) is 12.6. The number of carboxylic acid groups (broad SMARTS) is 1. The first kappa shape index (κ1) is 44.2. The second kappa shape index (κ2) is 27.9. The SMILES string of the molecule is CCCCOC(=O)CC[C@@H](C(=O)OCCCC)N1CCN(CC(=O)OCCCC)CCN(CC(=O)O)CCN(CC(=O)OCCCC)CC1. The molecule has 0 amide bonds. The molecule has 0 aromatic heterocycles. The molecule has 284 valence electrons. The standard InChI is InChI=1S/C35H64N4O10/c1-5-9-23-46-32(42)14-13-30(35(45)49-26-12-8-4)39-21-19-37(28-33(43)47-24-10-6-2)17-15-36(27-31(40)41)16-18-38(20-22-39)29-34(44)48-25-11-7-3/h30H,5-29H2,1-4H3,(H,40,41)/t30-/m0/s1. The van der Waals surface area contributed by atoms with Crippen molar-refractivity contribution in [2.24, 2.45) is 0 Å². The van der Waals surface area contributed by atoms with Crippen molar-refractivity contribution in [2.75, 3.05) is 98.4 Å². The van der Waals surface area contributed by atoms with Crippen molar-refractivity contribution in [3.8, 4) is 0 Å². The molecule has 1 aliphatic rings. The summed E-state index contributed by atoms with van der Waals surface area (Å²) in [5, 5.41) is 9.59. The van der Waals surface area contributed by atoms with Crippen molar-refractivity contribution in [1.82, 2.24) is 19.6 Å². The van der Waals surface area contributed by atoms with E-state index in [4.69, 9.17) is 18.9 Å².